The summed E-state index contributed by atoms with van der Waals surface area (Å²) in [5.41, 5.74) is 0. The first-order valence-corrected chi connectivity index (χ1v) is 6.63. The molecule has 1 atom stereocenters. The molecule has 2 aromatic rings. The van der Waals surface area contributed by atoms with Crippen LogP contribution in [0.1, 0.15) is 30.6 Å². The minimum atomic E-state index is 0.281. The maximum absolute atomic E-state index is 5.86. The molecule has 0 N–H and O–H groups in total. The first kappa shape index (κ1) is 11.6. The number of thiophene rings is 1. The summed E-state index contributed by atoms with van der Waals surface area (Å²) in [4.78, 5) is 1.32. The van der Waals surface area contributed by atoms with E-state index in [2.05, 4.69) is 46.1 Å². The largest absolute Gasteiger partial charge is 0.308 e. The van der Waals surface area contributed by atoms with Gasteiger partial charge in [-0.2, -0.15) is 0 Å². The monoisotopic (exact) mass is 255 g/mol. The van der Waals surface area contributed by atoms with Crippen molar-refractivity contribution in [3.63, 3.8) is 0 Å². The van der Waals surface area contributed by atoms with Crippen molar-refractivity contribution in [2.45, 2.75) is 25.8 Å². The Balaban J connectivity index is 2.41. The Kier molecular flexibility index (Phi) is 3.61. The summed E-state index contributed by atoms with van der Waals surface area (Å²) in [6.45, 7) is 4.39. The Bertz CT molecular complexity index is 436. The summed E-state index contributed by atoms with van der Waals surface area (Å²) < 4.78 is 2.07. The van der Waals surface area contributed by atoms with Gasteiger partial charge in [0, 0.05) is 4.88 Å². The summed E-state index contributed by atoms with van der Waals surface area (Å²) >= 11 is 7.62. The van der Waals surface area contributed by atoms with Gasteiger partial charge in [0.05, 0.1) is 11.9 Å². The molecular formula is C11H14ClN3S. The number of nitrogens with zero attached hydrogens (tertiary/aromatic N) is 3. The summed E-state index contributed by atoms with van der Waals surface area (Å²) in [5.74, 6) is 1.71. The van der Waals surface area contributed by atoms with Gasteiger partial charge < -0.3 is 4.57 Å². The Hall–Kier alpha value is -0.870. The predicted octanol–water partition coefficient (Wildman–Crippen LogP) is 3.32. The fourth-order valence-electron chi connectivity index (χ4n) is 1.84. The molecule has 0 aliphatic heterocycles. The fourth-order valence-corrected chi connectivity index (χ4v) is 3.03. The molecule has 2 rings (SSSR count). The molecule has 86 valence electrons. The number of aromatic nitrogens is 3. The van der Waals surface area contributed by atoms with Crippen LogP contribution in [0.2, 0.25) is 0 Å². The van der Waals surface area contributed by atoms with Crippen LogP contribution in [0, 0.1) is 5.92 Å². The highest BCUT2D eigenvalue weighted by Crippen LogP contribution is 2.30. The van der Waals surface area contributed by atoms with Gasteiger partial charge in [-0.1, -0.05) is 19.9 Å². The normalized spacial score (nSPS) is 13.2. The van der Waals surface area contributed by atoms with Crippen LogP contribution < -0.4 is 0 Å². The molecule has 0 amide bonds. The van der Waals surface area contributed by atoms with Crippen LogP contribution in [-0.2, 0) is 5.88 Å². The maximum atomic E-state index is 5.86. The van der Waals surface area contributed by atoms with E-state index >= 15 is 0 Å². The van der Waals surface area contributed by atoms with Crippen molar-refractivity contribution in [2.75, 3.05) is 0 Å². The SMILES string of the molecule is CC(C)C(c1cccs1)n1cnnc1CCl. The third-order valence-corrected chi connectivity index (χ3v) is 3.71. The van der Waals surface area contributed by atoms with E-state index in [1.807, 2.05) is 0 Å². The molecule has 0 saturated heterocycles. The smallest absolute Gasteiger partial charge is 0.148 e. The van der Waals surface area contributed by atoms with Crippen molar-refractivity contribution in [3.8, 4) is 0 Å². The molecule has 0 aliphatic rings. The third kappa shape index (κ3) is 2.13. The highest BCUT2D eigenvalue weighted by molar-refractivity contribution is 7.10. The van der Waals surface area contributed by atoms with E-state index in [1.165, 1.54) is 4.88 Å². The molecule has 2 aromatic heterocycles. The molecule has 0 saturated carbocycles. The summed E-state index contributed by atoms with van der Waals surface area (Å²) in [6.07, 6.45) is 1.77. The lowest BCUT2D eigenvalue weighted by Gasteiger charge is -2.22. The number of hydrogen-bond donors (Lipinski definition) is 0. The van der Waals surface area contributed by atoms with Crippen LogP contribution in [0.4, 0.5) is 0 Å². The number of alkyl halides is 1. The summed E-state index contributed by atoms with van der Waals surface area (Å²) in [7, 11) is 0. The lowest BCUT2D eigenvalue weighted by atomic mass is 10.0. The van der Waals surface area contributed by atoms with E-state index in [4.69, 9.17) is 11.6 Å². The molecule has 3 nitrogen and oxygen atoms in total. The molecule has 2 heterocycles. The van der Waals surface area contributed by atoms with Crippen molar-refractivity contribution in [2.24, 2.45) is 5.92 Å². The zero-order valence-electron chi connectivity index (χ0n) is 9.30. The zero-order valence-corrected chi connectivity index (χ0v) is 10.9. The minimum Gasteiger partial charge on any atom is -0.308 e. The lowest BCUT2D eigenvalue weighted by molar-refractivity contribution is 0.434. The van der Waals surface area contributed by atoms with Gasteiger partial charge in [-0.15, -0.1) is 33.1 Å². The molecule has 0 aromatic carbocycles. The molecule has 0 bridgehead atoms. The van der Waals surface area contributed by atoms with E-state index in [0.717, 1.165) is 5.82 Å². The molecule has 0 spiro atoms. The molecule has 5 heteroatoms. The Morgan fingerprint density at radius 2 is 2.31 bits per heavy atom. The molecule has 1 unspecified atom stereocenters. The molecule has 0 radical (unpaired) electrons. The van der Waals surface area contributed by atoms with Gasteiger partial charge >= 0.3 is 0 Å². The Morgan fingerprint density at radius 1 is 1.50 bits per heavy atom. The third-order valence-electron chi connectivity index (χ3n) is 2.53. The second kappa shape index (κ2) is 4.97. The van der Waals surface area contributed by atoms with Gasteiger partial charge in [0.2, 0.25) is 0 Å². The average molecular weight is 256 g/mol. The molecule has 0 aliphatic carbocycles. The van der Waals surface area contributed by atoms with Gasteiger partial charge in [0.25, 0.3) is 0 Å². The van der Waals surface area contributed by atoms with E-state index < -0.39 is 0 Å². The van der Waals surface area contributed by atoms with Gasteiger partial charge in [0.1, 0.15) is 12.2 Å². The quantitative estimate of drug-likeness (QED) is 0.785. The van der Waals surface area contributed by atoms with E-state index in [1.54, 1.807) is 17.7 Å². The Labute approximate surface area is 104 Å². The van der Waals surface area contributed by atoms with Crippen molar-refractivity contribution in [3.05, 3.63) is 34.5 Å². The second-order valence-corrected chi connectivity index (χ2v) is 5.24. The summed E-state index contributed by atoms with van der Waals surface area (Å²) in [5, 5.41) is 10.1. The Morgan fingerprint density at radius 3 is 2.88 bits per heavy atom. The minimum absolute atomic E-state index is 0.281. The van der Waals surface area contributed by atoms with Crippen LogP contribution in [0.5, 0.6) is 0 Å². The first-order chi connectivity index (χ1) is 7.74. The van der Waals surface area contributed by atoms with Crippen LogP contribution >= 0.6 is 22.9 Å². The van der Waals surface area contributed by atoms with Gasteiger partial charge in [0.15, 0.2) is 0 Å². The van der Waals surface area contributed by atoms with E-state index in [9.17, 15) is 0 Å². The van der Waals surface area contributed by atoms with Gasteiger partial charge in [-0.25, -0.2) is 0 Å². The standard InChI is InChI=1S/C11H14ClN3S/c1-8(2)11(9-4-3-5-16-9)15-7-13-14-10(15)6-12/h3-5,7-8,11H,6H2,1-2H3. The van der Waals surface area contributed by atoms with Gasteiger partial charge in [-0.05, 0) is 17.4 Å². The predicted molar refractivity (Wildman–Crippen MR) is 66.9 cm³/mol. The number of halogens is 1. The highest BCUT2D eigenvalue weighted by Gasteiger charge is 2.21. The number of rotatable bonds is 4. The van der Waals surface area contributed by atoms with Crippen molar-refractivity contribution in [1.29, 1.82) is 0 Å². The van der Waals surface area contributed by atoms with E-state index in [-0.39, 0.29) is 6.04 Å². The molecule has 0 fully saturated rings. The second-order valence-electron chi connectivity index (χ2n) is 3.99. The topological polar surface area (TPSA) is 30.7 Å². The number of hydrogen-bond acceptors (Lipinski definition) is 3. The molecule has 16 heavy (non-hydrogen) atoms. The van der Waals surface area contributed by atoms with E-state index in [0.29, 0.717) is 11.8 Å². The lowest BCUT2D eigenvalue weighted by Crippen LogP contribution is -2.17. The highest BCUT2D eigenvalue weighted by atomic mass is 35.5. The average Bonchev–Trinajstić information content (AvgIpc) is 2.88. The zero-order chi connectivity index (χ0) is 11.5. The van der Waals surface area contributed by atoms with Crippen molar-refractivity contribution < 1.29 is 0 Å². The van der Waals surface area contributed by atoms with Crippen molar-refractivity contribution in [1.82, 2.24) is 14.8 Å². The van der Waals surface area contributed by atoms with Crippen molar-refractivity contribution >= 4 is 22.9 Å². The molecular weight excluding hydrogens is 242 g/mol. The fraction of sp³-hybridized carbons (Fsp3) is 0.455. The van der Waals surface area contributed by atoms with Crippen LogP contribution in [-0.4, -0.2) is 14.8 Å². The van der Waals surface area contributed by atoms with Crippen LogP contribution in [0.25, 0.3) is 0 Å². The maximum Gasteiger partial charge on any atom is 0.148 e. The first-order valence-electron chi connectivity index (χ1n) is 5.21. The van der Waals surface area contributed by atoms with Crippen LogP contribution in [0.3, 0.4) is 0 Å². The van der Waals surface area contributed by atoms with Crippen LogP contribution in [0.15, 0.2) is 23.8 Å². The summed E-state index contributed by atoms with van der Waals surface area (Å²) in [6, 6.07) is 4.50. The van der Waals surface area contributed by atoms with Gasteiger partial charge in [-0.3, -0.25) is 0 Å².